The molecule has 2 aromatic rings. The Balaban J connectivity index is 2.38. The van der Waals surface area contributed by atoms with Crippen molar-refractivity contribution in [3.63, 3.8) is 0 Å². The lowest BCUT2D eigenvalue weighted by Gasteiger charge is -2.10. The van der Waals surface area contributed by atoms with Gasteiger partial charge in [-0.05, 0) is 24.6 Å². The molecular formula is C12H11ClF3N3. The maximum atomic E-state index is 12.5. The van der Waals surface area contributed by atoms with Crippen LogP contribution in [-0.4, -0.2) is 9.78 Å². The SMILES string of the molecule is CC(N)c1ccc(-n2cc(C(F)(F)F)cn2)cc1Cl. The zero-order valence-electron chi connectivity index (χ0n) is 9.95. The Morgan fingerprint density at radius 1 is 1.37 bits per heavy atom. The number of alkyl halides is 3. The molecule has 0 amide bonds. The Hall–Kier alpha value is -1.53. The first kappa shape index (κ1) is 13.9. The Morgan fingerprint density at radius 2 is 2.05 bits per heavy atom. The third-order valence-electron chi connectivity index (χ3n) is 2.65. The van der Waals surface area contributed by atoms with Crippen molar-refractivity contribution in [2.24, 2.45) is 5.73 Å². The van der Waals surface area contributed by atoms with Gasteiger partial charge in [0, 0.05) is 17.3 Å². The van der Waals surface area contributed by atoms with Gasteiger partial charge in [0.1, 0.15) is 0 Å². The van der Waals surface area contributed by atoms with Crippen LogP contribution in [0.1, 0.15) is 24.1 Å². The number of aromatic nitrogens is 2. The van der Waals surface area contributed by atoms with Gasteiger partial charge in [-0.3, -0.25) is 0 Å². The lowest BCUT2D eigenvalue weighted by molar-refractivity contribution is -0.137. The topological polar surface area (TPSA) is 43.8 Å². The average molecular weight is 290 g/mol. The highest BCUT2D eigenvalue weighted by molar-refractivity contribution is 6.31. The molecule has 2 rings (SSSR count). The van der Waals surface area contributed by atoms with Crippen LogP contribution in [0.2, 0.25) is 5.02 Å². The minimum absolute atomic E-state index is 0.245. The predicted molar refractivity (Wildman–Crippen MR) is 66.2 cm³/mol. The molecule has 7 heteroatoms. The molecule has 1 aromatic heterocycles. The summed E-state index contributed by atoms with van der Waals surface area (Å²) in [4.78, 5) is 0. The van der Waals surface area contributed by atoms with E-state index in [0.717, 1.165) is 22.6 Å². The molecule has 0 aliphatic rings. The molecule has 0 aliphatic carbocycles. The molecule has 3 nitrogen and oxygen atoms in total. The number of halogens is 4. The van der Waals surface area contributed by atoms with Crippen molar-refractivity contribution >= 4 is 11.6 Å². The second-order valence-corrected chi connectivity index (χ2v) is 4.57. The van der Waals surface area contributed by atoms with Crippen LogP contribution in [0, 0.1) is 0 Å². The van der Waals surface area contributed by atoms with E-state index in [1.54, 1.807) is 19.1 Å². The summed E-state index contributed by atoms with van der Waals surface area (Å²) in [6.07, 6.45) is -2.72. The largest absolute Gasteiger partial charge is 0.419 e. The molecule has 0 fully saturated rings. The van der Waals surface area contributed by atoms with E-state index < -0.39 is 11.7 Å². The molecule has 0 spiro atoms. The lowest BCUT2D eigenvalue weighted by atomic mass is 10.1. The van der Waals surface area contributed by atoms with Crippen molar-refractivity contribution in [1.29, 1.82) is 0 Å². The minimum Gasteiger partial charge on any atom is -0.324 e. The number of rotatable bonds is 2. The van der Waals surface area contributed by atoms with Crippen molar-refractivity contribution in [2.75, 3.05) is 0 Å². The summed E-state index contributed by atoms with van der Waals surface area (Å²) in [5.74, 6) is 0. The molecule has 0 aliphatic heterocycles. The summed E-state index contributed by atoms with van der Waals surface area (Å²) in [5.41, 5.74) is 6.08. The van der Waals surface area contributed by atoms with E-state index in [4.69, 9.17) is 17.3 Å². The molecular weight excluding hydrogens is 279 g/mol. The number of hydrogen-bond donors (Lipinski definition) is 1. The second kappa shape index (κ2) is 4.86. The quantitative estimate of drug-likeness (QED) is 0.918. The van der Waals surface area contributed by atoms with Gasteiger partial charge in [0.25, 0.3) is 0 Å². The highest BCUT2D eigenvalue weighted by atomic mass is 35.5. The van der Waals surface area contributed by atoms with Crippen molar-refractivity contribution in [3.05, 3.63) is 46.7 Å². The average Bonchev–Trinajstić information content (AvgIpc) is 2.76. The smallest absolute Gasteiger partial charge is 0.324 e. The molecule has 1 unspecified atom stereocenters. The van der Waals surface area contributed by atoms with Gasteiger partial charge in [-0.1, -0.05) is 17.7 Å². The van der Waals surface area contributed by atoms with Gasteiger partial charge >= 0.3 is 6.18 Å². The van der Waals surface area contributed by atoms with E-state index >= 15 is 0 Å². The molecule has 2 N–H and O–H groups in total. The van der Waals surface area contributed by atoms with Crippen LogP contribution in [0.4, 0.5) is 13.2 Å². The fourth-order valence-corrected chi connectivity index (χ4v) is 1.99. The summed E-state index contributed by atoms with van der Waals surface area (Å²) in [7, 11) is 0. The summed E-state index contributed by atoms with van der Waals surface area (Å²) >= 11 is 6.03. The maximum Gasteiger partial charge on any atom is 0.419 e. The predicted octanol–water partition coefficient (Wildman–Crippen LogP) is 3.56. The molecule has 0 saturated heterocycles. The molecule has 1 aromatic carbocycles. The van der Waals surface area contributed by atoms with Crippen LogP contribution in [0.5, 0.6) is 0 Å². The molecule has 102 valence electrons. The summed E-state index contributed by atoms with van der Waals surface area (Å²) in [5, 5.41) is 4.07. The van der Waals surface area contributed by atoms with Crippen LogP contribution < -0.4 is 5.73 Å². The van der Waals surface area contributed by atoms with E-state index in [2.05, 4.69) is 5.10 Å². The normalized spacial score (nSPS) is 13.6. The highest BCUT2D eigenvalue weighted by Gasteiger charge is 2.32. The van der Waals surface area contributed by atoms with E-state index in [1.165, 1.54) is 6.07 Å². The van der Waals surface area contributed by atoms with Crippen molar-refractivity contribution in [2.45, 2.75) is 19.1 Å². The minimum atomic E-state index is -4.41. The summed E-state index contributed by atoms with van der Waals surface area (Å²) in [6.45, 7) is 1.77. The molecule has 0 saturated carbocycles. The van der Waals surface area contributed by atoms with Crippen LogP contribution in [0.25, 0.3) is 5.69 Å². The van der Waals surface area contributed by atoms with Gasteiger partial charge in [-0.15, -0.1) is 0 Å². The second-order valence-electron chi connectivity index (χ2n) is 4.17. The van der Waals surface area contributed by atoms with Gasteiger partial charge in [0.15, 0.2) is 0 Å². The van der Waals surface area contributed by atoms with Gasteiger partial charge < -0.3 is 5.73 Å². The first-order valence-corrected chi connectivity index (χ1v) is 5.84. The van der Waals surface area contributed by atoms with Crippen molar-refractivity contribution in [1.82, 2.24) is 9.78 Å². The maximum absolute atomic E-state index is 12.5. The van der Waals surface area contributed by atoms with E-state index in [1.807, 2.05) is 0 Å². The first-order valence-electron chi connectivity index (χ1n) is 5.46. The third kappa shape index (κ3) is 2.90. The number of nitrogens with two attached hydrogens (primary N) is 1. The van der Waals surface area contributed by atoms with Gasteiger partial charge in [-0.25, -0.2) is 4.68 Å². The highest BCUT2D eigenvalue weighted by Crippen LogP contribution is 2.30. The standard InChI is InChI=1S/C12H11ClF3N3/c1-7(17)10-3-2-9(4-11(10)13)19-6-8(5-18-19)12(14,15)16/h2-7H,17H2,1H3. The number of hydrogen-bond acceptors (Lipinski definition) is 2. The Labute approximate surface area is 112 Å². The Morgan fingerprint density at radius 3 is 2.53 bits per heavy atom. The van der Waals surface area contributed by atoms with E-state index in [0.29, 0.717) is 10.7 Å². The fourth-order valence-electron chi connectivity index (χ4n) is 1.64. The molecule has 0 bridgehead atoms. The third-order valence-corrected chi connectivity index (χ3v) is 2.98. The summed E-state index contributed by atoms with van der Waals surface area (Å²) < 4.78 is 38.5. The van der Waals surface area contributed by atoms with E-state index in [-0.39, 0.29) is 6.04 Å². The monoisotopic (exact) mass is 289 g/mol. The zero-order chi connectivity index (χ0) is 14.2. The molecule has 19 heavy (non-hydrogen) atoms. The van der Waals surface area contributed by atoms with Crippen LogP contribution in [-0.2, 0) is 6.18 Å². The van der Waals surface area contributed by atoms with Crippen LogP contribution in [0.3, 0.4) is 0 Å². The lowest BCUT2D eigenvalue weighted by Crippen LogP contribution is -2.06. The van der Waals surface area contributed by atoms with Gasteiger partial charge in [0.2, 0.25) is 0 Å². The fraction of sp³-hybridized carbons (Fsp3) is 0.250. The molecule has 1 atom stereocenters. The van der Waals surface area contributed by atoms with Crippen molar-refractivity contribution in [3.8, 4) is 5.69 Å². The van der Waals surface area contributed by atoms with Crippen LogP contribution >= 0.6 is 11.6 Å². The Kier molecular flexibility index (Phi) is 3.56. The molecule has 0 radical (unpaired) electrons. The van der Waals surface area contributed by atoms with Crippen LogP contribution in [0.15, 0.2) is 30.6 Å². The van der Waals surface area contributed by atoms with Crippen molar-refractivity contribution < 1.29 is 13.2 Å². The number of benzene rings is 1. The molecule has 1 heterocycles. The first-order chi connectivity index (χ1) is 8.79. The van der Waals surface area contributed by atoms with Gasteiger partial charge in [-0.2, -0.15) is 18.3 Å². The Bertz CT molecular complexity index is 590. The zero-order valence-corrected chi connectivity index (χ0v) is 10.7. The van der Waals surface area contributed by atoms with Gasteiger partial charge in [0.05, 0.1) is 17.4 Å². The number of nitrogens with zero attached hydrogens (tertiary/aromatic N) is 2. The summed E-state index contributed by atoms with van der Waals surface area (Å²) in [6, 6.07) is 4.59. The van der Waals surface area contributed by atoms with E-state index in [9.17, 15) is 13.2 Å².